The van der Waals surface area contributed by atoms with Crippen molar-refractivity contribution in [3.8, 4) is 11.5 Å². The van der Waals surface area contributed by atoms with Crippen LogP contribution in [0.1, 0.15) is 24.0 Å². The fourth-order valence-electron chi connectivity index (χ4n) is 3.23. The number of phenolic OH excluding ortho intramolecular Hbond substituents is 2. The number of carbonyl (C=O) groups is 2. The predicted molar refractivity (Wildman–Crippen MR) is 103 cm³/mol. The van der Waals surface area contributed by atoms with Crippen LogP contribution in [-0.4, -0.2) is 46.2 Å². The lowest BCUT2D eigenvalue weighted by Gasteiger charge is -2.23. The summed E-state index contributed by atoms with van der Waals surface area (Å²) in [5, 5.41) is 21.7. The average molecular weight is 384 g/mol. The number of phenols is 2. The third-order valence-electron chi connectivity index (χ3n) is 4.75. The fourth-order valence-corrected chi connectivity index (χ4v) is 3.23. The first-order valence-corrected chi connectivity index (χ1v) is 9.30. The minimum Gasteiger partial charge on any atom is -0.504 e. The van der Waals surface area contributed by atoms with Gasteiger partial charge in [0.05, 0.1) is 0 Å². The summed E-state index contributed by atoms with van der Waals surface area (Å²) in [6, 6.07) is 13.4. The zero-order valence-electron chi connectivity index (χ0n) is 15.5. The van der Waals surface area contributed by atoms with E-state index in [0.717, 1.165) is 17.5 Å². The minimum atomic E-state index is -0.531. The van der Waals surface area contributed by atoms with Gasteiger partial charge in [0.2, 0.25) is 5.91 Å². The molecule has 1 atom stereocenters. The summed E-state index contributed by atoms with van der Waals surface area (Å²) in [5.41, 5.74) is 1.69. The van der Waals surface area contributed by atoms with E-state index in [0.29, 0.717) is 25.9 Å². The molecule has 1 aliphatic heterocycles. The first-order valence-electron chi connectivity index (χ1n) is 9.30. The molecular weight excluding hydrogens is 360 g/mol. The van der Waals surface area contributed by atoms with Crippen molar-refractivity contribution in [2.45, 2.75) is 31.9 Å². The normalized spacial score (nSPS) is 16.0. The summed E-state index contributed by atoms with van der Waals surface area (Å²) in [6.45, 7) is 1.04. The molecule has 3 N–H and O–H groups in total. The second-order valence-electron chi connectivity index (χ2n) is 6.76. The van der Waals surface area contributed by atoms with Gasteiger partial charge >= 0.3 is 6.09 Å². The van der Waals surface area contributed by atoms with Gasteiger partial charge in [-0.3, -0.25) is 9.69 Å². The third-order valence-corrected chi connectivity index (χ3v) is 4.75. The minimum absolute atomic E-state index is 0.175. The molecule has 0 saturated carbocycles. The first kappa shape index (κ1) is 19.5. The molecule has 7 heteroatoms. The first-order chi connectivity index (χ1) is 13.5. The van der Waals surface area contributed by atoms with Gasteiger partial charge in [-0.05, 0) is 42.5 Å². The molecule has 1 fully saturated rings. The summed E-state index contributed by atoms with van der Waals surface area (Å²) >= 11 is 0. The van der Waals surface area contributed by atoms with Gasteiger partial charge in [-0.2, -0.15) is 0 Å². The van der Waals surface area contributed by atoms with E-state index in [2.05, 4.69) is 5.32 Å². The quantitative estimate of drug-likeness (QED) is 0.665. The molecule has 0 unspecified atom stereocenters. The van der Waals surface area contributed by atoms with Gasteiger partial charge in [0.15, 0.2) is 11.5 Å². The molecule has 0 radical (unpaired) electrons. The highest BCUT2D eigenvalue weighted by Crippen LogP contribution is 2.25. The number of nitrogens with zero attached hydrogens (tertiary/aromatic N) is 1. The Morgan fingerprint density at radius 3 is 2.61 bits per heavy atom. The Labute approximate surface area is 163 Å². The highest BCUT2D eigenvalue weighted by atomic mass is 16.6. The summed E-state index contributed by atoms with van der Waals surface area (Å²) in [4.78, 5) is 26.3. The average Bonchev–Trinajstić information content (AvgIpc) is 3.20. The fraction of sp³-hybridized carbons (Fsp3) is 0.333. The largest absolute Gasteiger partial charge is 0.504 e. The van der Waals surface area contributed by atoms with Gasteiger partial charge in [0, 0.05) is 13.1 Å². The van der Waals surface area contributed by atoms with Gasteiger partial charge in [0.25, 0.3) is 0 Å². The SMILES string of the molecule is O=C(NCCc1ccc(O)c(O)c1)[C@@H]1CCCN1C(=O)OCc1ccccc1. The van der Waals surface area contributed by atoms with Crippen molar-refractivity contribution in [3.63, 3.8) is 0 Å². The zero-order chi connectivity index (χ0) is 19.9. The van der Waals surface area contributed by atoms with Crippen LogP contribution in [0.2, 0.25) is 0 Å². The Bertz CT molecular complexity index is 825. The molecule has 0 aromatic heterocycles. The van der Waals surface area contributed by atoms with Crippen molar-refractivity contribution in [3.05, 3.63) is 59.7 Å². The van der Waals surface area contributed by atoms with Crippen LogP contribution < -0.4 is 5.32 Å². The van der Waals surface area contributed by atoms with Crippen LogP contribution in [0.5, 0.6) is 11.5 Å². The van der Waals surface area contributed by atoms with E-state index in [1.807, 2.05) is 30.3 Å². The Morgan fingerprint density at radius 2 is 1.86 bits per heavy atom. The summed E-state index contributed by atoms with van der Waals surface area (Å²) in [6.07, 6.45) is 1.38. The second-order valence-corrected chi connectivity index (χ2v) is 6.76. The zero-order valence-corrected chi connectivity index (χ0v) is 15.5. The number of rotatable bonds is 6. The molecule has 0 bridgehead atoms. The molecule has 1 heterocycles. The maximum atomic E-state index is 12.5. The lowest BCUT2D eigenvalue weighted by Crippen LogP contribution is -2.46. The molecular formula is C21H24N2O5. The molecule has 2 aromatic rings. The number of hydrogen-bond acceptors (Lipinski definition) is 5. The molecule has 7 nitrogen and oxygen atoms in total. The predicted octanol–water partition coefficient (Wildman–Crippen LogP) is 2.56. The Hall–Kier alpha value is -3.22. The highest BCUT2D eigenvalue weighted by molar-refractivity contribution is 5.86. The third kappa shape index (κ3) is 4.94. The second kappa shape index (κ2) is 9.12. The van der Waals surface area contributed by atoms with Crippen molar-refractivity contribution >= 4 is 12.0 Å². The number of hydrogen-bond donors (Lipinski definition) is 3. The topological polar surface area (TPSA) is 99.1 Å². The van der Waals surface area contributed by atoms with E-state index in [1.165, 1.54) is 17.0 Å². The molecule has 2 aromatic carbocycles. The van der Waals surface area contributed by atoms with E-state index in [1.54, 1.807) is 6.07 Å². The number of nitrogens with one attached hydrogen (secondary N) is 1. The van der Waals surface area contributed by atoms with Gasteiger partial charge in [-0.15, -0.1) is 0 Å². The van der Waals surface area contributed by atoms with Crippen LogP contribution in [0.15, 0.2) is 48.5 Å². The van der Waals surface area contributed by atoms with E-state index < -0.39 is 12.1 Å². The van der Waals surface area contributed by atoms with Gasteiger partial charge in [0.1, 0.15) is 12.6 Å². The summed E-state index contributed by atoms with van der Waals surface area (Å²) in [7, 11) is 0. The van der Waals surface area contributed by atoms with Gasteiger partial charge in [-0.1, -0.05) is 36.4 Å². The number of likely N-dealkylation sites (tertiary alicyclic amines) is 1. The Kier molecular flexibility index (Phi) is 6.37. The number of aromatic hydroxyl groups is 2. The smallest absolute Gasteiger partial charge is 0.410 e. The number of carbonyl (C=O) groups excluding carboxylic acids is 2. The Balaban J connectivity index is 1.48. The Morgan fingerprint density at radius 1 is 1.07 bits per heavy atom. The molecule has 3 rings (SSSR count). The van der Waals surface area contributed by atoms with Gasteiger partial charge < -0.3 is 20.3 Å². The number of ether oxygens (including phenoxy) is 1. The van der Waals surface area contributed by atoms with Crippen LogP contribution in [0, 0.1) is 0 Å². The molecule has 2 amide bonds. The van der Waals surface area contributed by atoms with Gasteiger partial charge in [-0.25, -0.2) is 4.79 Å². The number of benzene rings is 2. The monoisotopic (exact) mass is 384 g/mol. The summed E-state index contributed by atoms with van der Waals surface area (Å²) < 4.78 is 5.35. The van der Waals surface area contributed by atoms with E-state index in [4.69, 9.17) is 4.74 Å². The van der Waals surface area contributed by atoms with Crippen LogP contribution in [0.25, 0.3) is 0 Å². The van der Waals surface area contributed by atoms with Crippen molar-refractivity contribution in [1.29, 1.82) is 0 Å². The maximum Gasteiger partial charge on any atom is 0.410 e. The highest BCUT2D eigenvalue weighted by Gasteiger charge is 2.34. The molecule has 1 aliphatic rings. The molecule has 28 heavy (non-hydrogen) atoms. The molecule has 1 saturated heterocycles. The van der Waals surface area contributed by atoms with Crippen molar-refractivity contribution in [2.24, 2.45) is 0 Å². The van der Waals surface area contributed by atoms with Crippen LogP contribution in [0.4, 0.5) is 4.79 Å². The molecule has 0 aliphatic carbocycles. The molecule has 0 spiro atoms. The molecule has 148 valence electrons. The number of amides is 2. The van der Waals surface area contributed by atoms with Crippen molar-refractivity contribution < 1.29 is 24.5 Å². The van der Waals surface area contributed by atoms with E-state index >= 15 is 0 Å². The lowest BCUT2D eigenvalue weighted by atomic mass is 10.1. The van der Waals surface area contributed by atoms with Crippen LogP contribution in [0.3, 0.4) is 0 Å². The van der Waals surface area contributed by atoms with Crippen molar-refractivity contribution in [1.82, 2.24) is 10.2 Å². The van der Waals surface area contributed by atoms with Crippen LogP contribution in [-0.2, 0) is 22.6 Å². The van der Waals surface area contributed by atoms with E-state index in [9.17, 15) is 19.8 Å². The standard InChI is InChI=1S/C21H24N2O5/c24-18-9-8-15(13-19(18)25)10-11-22-20(26)17-7-4-12-23(17)21(27)28-14-16-5-2-1-3-6-16/h1-3,5-6,8-9,13,17,24-25H,4,7,10-12,14H2,(H,22,26)/t17-/m0/s1. The van der Waals surface area contributed by atoms with Crippen LogP contribution >= 0.6 is 0 Å². The summed E-state index contributed by atoms with van der Waals surface area (Å²) in [5.74, 6) is -0.576. The lowest BCUT2D eigenvalue weighted by molar-refractivity contribution is -0.125. The van der Waals surface area contributed by atoms with E-state index in [-0.39, 0.29) is 24.0 Å². The van der Waals surface area contributed by atoms with Crippen molar-refractivity contribution in [2.75, 3.05) is 13.1 Å². The maximum absolute atomic E-state index is 12.5.